The first kappa shape index (κ1) is 15.2. The Bertz CT molecular complexity index is 408. The number of thioether (sulfide) groups is 1. The van der Waals surface area contributed by atoms with Crippen molar-refractivity contribution in [1.82, 2.24) is 10.6 Å². The first-order valence-corrected chi connectivity index (χ1v) is 7.93. The highest BCUT2D eigenvalue weighted by atomic mass is 32.2. The first-order chi connectivity index (χ1) is 9.74. The fourth-order valence-electron chi connectivity index (χ4n) is 2.05. The van der Waals surface area contributed by atoms with Gasteiger partial charge in [-0.15, -0.1) is 11.8 Å². The van der Waals surface area contributed by atoms with E-state index in [1.54, 1.807) is 11.8 Å². The minimum atomic E-state index is -0.0857. The molecule has 1 saturated heterocycles. The summed E-state index contributed by atoms with van der Waals surface area (Å²) in [6.07, 6.45) is 1.04. The molecule has 0 spiro atoms. The molecule has 1 aromatic rings. The zero-order chi connectivity index (χ0) is 14.2. The van der Waals surface area contributed by atoms with Crippen LogP contribution in [0.3, 0.4) is 0 Å². The fourth-order valence-corrected chi connectivity index (χ4v) is 3.00. The topological polar surface area (TPSA) is 50.4 Å². The number of nitrogens with one attached hydrogen (secondary N) is 2. The van der Waals surface area contributed by atoms with E-state index in [0.29, 0.717) is 24.3 Å². The van der Waals surface area contributed by atoms with E-state index in [-0.39, 0.29) is 6.03 Å². The number of rotatable bonds is 6. The van der Waals surface area contributed by atoms with Gasteiger partial charge in [0.1, 0.15) is 0 Å². The quantitative estimate of drug-likeness (QED) is 0.793. The third kappa shape index (κ3) is 5.43. The fraction of sp³-hybridized carbons (Fsp3) is 0.533. The second-order valence-electron chi connectivity index (χ2n) is 5.06. The van der Waals surface area contributed by atoms with Crippen LogP contribution in [0, 0.1) is 5.92 Å². The van der Waals surface area contributed by atoms with Crippen LogP contribution < -0.4 is 10.6 Å². The Morgan fingerprint density at radius 1 is 1.40 bits per heavy atom. The van der Waals surface area contributed by atoms with Gasteiger partial charge in [0.05, 0.1) is 6.61 Å². The molecule has 110 valence electrons. The maximum Gasteiger partial charge on any atom is 0.314 e. The summed E-state index contributed by atoms with van der Waals surface area (Å²) >= 11 is 1.77. The van der Waals surface area contributed by atoms with Gasteiger partial charge >= 0.3 is 6.03 Å². The summed E-state index contributed by atoms with van der Waals surface area (Å²) in [5, 5.41) is 6.16. The van der Waals surface area contributed by atoms with Crippen molar-refractivity contribution >= 4 is 17.8 Å². The van der Waals surface area contributed by atoms with Crippen LogP contribution in [-0.2, 0) is 4.74 Å². The summed E-state index contributed by atoms with van der Waals surface area (Å²) in [5.74, 6) is 0.469. The molecule has 2 atom stereocenters. The third-order valence-corrected chi connectivity index (χ3v) is 4.32. The summed E-state index contributed by atoms with van der Waals surface area (Å²) in [6, 6.07) is 10.1. The van der Waals surface area contributed by atoms with Gasteiger partial charge in [-0.3, -0.25) is 0 Å². The van der Waals surface area contributed by atoms with Crippen molar-refractivity contribution in [2.24, 2.45) is 5.92 Å². The van der Waals surface area contributed by atoms with E-state index >= 15 is 0 Å². The summed E-state index contributed by atoms with van der Waals surface area (Å²) in [5.41, 5.74) is 0. The van der Waals surface area contributed by atoms with Crippen LogP contribution >= 0.6 is 11.8 Å². The summed E-state index contributed by atoms with van der Waals surface area (Å²) < 4.78 is 5.28. The lowest BCUT2D eigenvalue weighted by Crippen LogP contribution is -2.40. The Morgan fingerprint density at radius 3 is 2.90 bits per heavy atom. The van der Waals surface area contributed by atoms with E-state index in [1.807, 2.05) is 18.2 Å². The minimum Gasteiger partial charge on any atom is -0.381 e. The van der Waals surface area contributed by atoms with Crippen molar-refractivity contribution in [3.63, 3.8) is 0 Å². The number of urea groups is 1. The van der Waals surface area contributed by atoms with Gasteiger partial charge in [-0.25, -0.2) is 4.79 Å². The summed E-state index contributed by atoms with van der Waals surface area (Å²) in [4.78, 5) is 12.9. The molecule has 0 bridgehead atoms. The highest BCUT2D eigenvalue weighted by Crippen LogP contribution is 2.21. The third-order valence-electron chi connectivity index (χ3n) is 3.21. The van der Waals surface area contributed by atoms with Crippen molar-refractivity contribution in [2.45, 2.75) is 23.5 Å². The molecule has 0 saturated carbocycles. The van der Waals surface area contributed by atoms with Gasteiger partial charge in [0.15, 0.2) is 0 Å². The van der Waals surface area contributed by atoms with Crippen molar-refractivity contribution in [1.29, 1.82) is 0 Å². The number of amides is 2. The molecule has 1 aromatic carbocycles. The molecule has 0 unspecified atom stereocenters. The Morgan fingerprint density at radius 2 is 2.20 bits per heavy atom. The van der Waals surface area contributed by atoms with E-state index < -0.39 is 0 Å². The largest absolute Gasteiger partial charge is 0.381 e. The van der Waals surface area contributed by atoms with Crippen LogP contribution in [-0.4, -0.2) is 37.6 Å². The predicted molar refractivity (Wildman–Crippen MR) is 82.1 cm³/mol. The molecule has 2 N–H and O–H groups in total. The maximum atomic E-state index is 11.7. The number of benzene rings is 1. The molecule has 2 rings (SSSR count). The lowest BCUT2D eigenvalue weighted by molar-refractivity contribution is 0.185. The van der Waals surface area contributed by atoms with E-state index in [4.69, 9.17) is 4.74 Å². The highest BCUT2D eigenvalue weighted by molar-refractivity contribution is 8.00. The predicted octanol–water partition coefficient (Wildman–Crippen LogP) is 2.50. The first-order valence-electron chi connectivity index (χ1n) is 7.05. The van der Waals surface area contributed by atoms with Crippen LogP contribution in [0.15, 0.2) is 35.2 Å². The molecule has 0 aliphatic carbocycles. The average molecular weight is 294 g/mol. The molecule has 2 amide bonds. The van der Waals surface area contributed by atoms with Gasteiger partial charge in [-0.05, 0) is 18.6 Å². The van der Waals surface area contributed by atoms with Crippen molar-refractivity contribution in [3.8, 4) is 0 Å². The molecule has 1 fully saturated rings. The van der Waals surface area contributed by atoms with E-state index in [1.165, 1.54) is 4.90 Å². The van der Waals surface area contributed by atoms with Crippen molar-refractivity contribution in [3.05, 3.63) is 30.3 Å². The molecule has 0 radical (unpaired) electrons. The lowest BCUT2D eigenvalue weighted by Gasteiger charge is -2.14. The second kappa shape index (κ2) is 8.17. The van der Waals surface area contributed by atoms with Gasteiger partial charge in [0.25, 0.3) is 0 Å². The monoisotopic (exact) mass is 294 g/mol. The lowest BCUT2D eigenvalue weighted by atomic mass is 10.1. The van der Waals surface area contributed by atoms with Gasteiger partial charge < -0.3 is 15.4 Å². The van der Waals surface area contributed by atoms with Crippen LogP contribution in [0.25, 0.3) is 0 Å². The molecular weight excluding hydrogens is 272 g/mol. The van der Waals surface area contributed by atoms with Crippen LogP contribution in [0.4, 0.5) is 4.79 Å². The van der Waals surface area contributed by atoms with E-state index in [2.05, 4.69) is 29.7 Å². The SMILES string of the molecule is C[C@H](CNC(=O)NC[C@@H]1CCOC1)Sc1ccccc1. The van der Waals surface area contributed by atoms with Crippen LogP contribution in [0.5, 0.6) is 0 Å². The Balaban J connectivity index is 1.60. The molecule has 0 aromatic heterocycles. The normalized spacial score (nSPS) is 19.6. The summed E-state index contributed by atoms with van der Waals surface area (Å²) in [7, 11) is 0. The number of carbonyl (C=O) groups is 1. The number of hydrogen-bond acceptors (Lipinski definition) is 3. The van der Waals surface area contributed by atoms with Crippen molar-refractivity contribution < 1.29 is 9.53 Å². The zero-order valence-corrected chi connectivity index (χ0v) is 12.6. The molecule has 1 aliphatic rings. The van der Waals surface area contributed by atoms with Gasteiger partial charge in [-0.1, -0.05) is 25.1 Å². The average Bonchev–Trinajstić information content (AvgIpc) is 2.97. The van der Waals surface area contributed by atoms with Gasteiger partial charge in [0.2, 0.25) is 0 Å². The zero-order valence-electron chi connectivity index (χ0n) is 11.8. The van der Waals surface area contributed by atoms with E-state index in [9.17, 15) is 4.79 Å². The van der Waals surface area contributed by atoms with Crippen LogP contribution in [0.1, 0.15) is 13.3 Å². The van der Waals surface area contributed by atoms with Crippen LogP contribution in [0.2, 0.25) is 0 Å². The smallest absolute Gasteiger partial charge is 0.314 e. The molecule has 4 nitrogen and oxygen atoms in total. The van der Waals surface area contributed by atoms with Gasteiger partial charge in [-0.2, -0.15) is 0 Å². The molecule has 1 heterocycles. The van der Waals surface area contributed by atoms with Gasteiger partial charge in [0, 0.05) is 35.8 Å². The molecular formula is C15H22N2O2S. The Kier molecular flexibility index (Phi) is 6.21. The summed E-state index contributed by atoms with van der Waals surface area (Å²) in [6.45, 7) is 5.06. The van der Waals surface area contributed by atoms with E-state index in [0.717, 1.165) is 19.6 Å². The Hall–Kier alpha value is -1.20. The minimum absolute atomic E-state index is 0.0857. The van der Waals surface area contributed by atoms with Crippen molar-refractivity contribution in [2.75, 3.05) is 26.3 Å². The number of ether oxygens (including phenoxy) is 1. The highest BCUT2D eigenvalue weighted by Gasteiger charge is 2.16. The second-order valence-corrected chi connectivity index (χ2v) is 6.57. The Labute approximate surface area is 124 Å². The number of carbonyl (C=O) groups excluding carboxylic acids is 1. The number of hydrogen-bond donors (Lipinski definition) is 2. The standard InChI is InChI=1S/C15H22N2O2S/c1-12(20-14-5-3-2-4-6-14)9-16-15(18)17-10-13-7-8-19-11-13/h2-6,12-13H,7-11H2,1H3,(H2,16,17,18)/t12-,13+/m1/s1. The molecule has 1 aliphatic heterocycles. The molecule has 20 heavy (non-hydrogen) atoms. The molecule has 5 heteroatoms. The maximum absolute atomic E-state index is 11.7.